The molecule has 0 unspecified atom stereocenters. The van der Waals surface area contributed by atoms with Crippen LogP contribution in [0.1, 0.15) is 32.1 Å². The van der Waals surface area contributed by atoms with E-state index >= 15 is 0 Å². The van der Waals surface area contributed by atoms with Crippen LogP contribution in [0.15, 0.2) is 65.8 Å². The zero-order valence-corrected chi connectivity index (χ0v) is 17.6. The number of thioether (sulfide) groups is 1. The number of benzene rings is 2. The van der Waals surface area contributed by atoms with Gasteiger partial charge in [-0.3, -0.25) is 4.79 Å². The summed E-state index contributed by atoms with van der Waals surface area (Å²) in [4.78, 5) is 22.9. The minimum absolute atomic E-state index is 0.181. The van der Waals surface area contributed by atoms with Gasteiger partial charge in [-0.25, -0.2) is 4.98 Å². The number of hydrogen-bond donors (Lipinski definition) is 1. The van der Waals surface area contributed by atoms with Gasteiger partial charge in [-0.1, -0.05) is 91.7 Å². The van der Waals surface area contributed by atoms with Crippen LogP contribution in [0, 0.1) is 0 Å². The summed E-state index contributed by atoms with van der Waals surface area (Å²) >= 11 is 1.49. The molecule has 150 valence electrons. The number of nitrogens with one attached hydrogen (secondary N) is 1. The average molecular weight is 406 g/mol. The van der Waals surface area contributed by atoms with Crippen molar-refractivity contribution in [1.82, 2.24) is 14.9 Å². The third-order valence-corrected chi connectivity index (χ3v) is 6.50. The number of amides is 1. The Hall–Kier alpha value is -2.53. The maximum absolute atomic E-state index is 12.7. The Morgan fingerprint density at radius 2 is 1.62 bits per heavy atom. The van der Waals surface area contributed by atoms with Crippen molar-refractivity contribution in [2.75, 3.05) is 12.8 Å². The van der Waals surface area contributed by atoms with Gasteiger partial charge in [0.2, 0.25) is 5.91 Å². The van der Waals surface area contributed by atoms with Crippen LogP contribution in [0.5, 0.6) is 0 Å². The van der Waals surface area contributed by atoms with Gasteiger partial charge >= 0.3 is 0 Å². The molecular weight excluding hydrogens is 378 g/mol. The van der Waals surface area contributed by atoms with Crippen molar-refractivity contribution in [3.8, 4) is 22.5 Å². The molecule has 0 radical (unpaired) electrons. The second-order valence-electron chi connectivity index (χ2n) is 7.58. The monoisotopic (exact) mass is 405 g/mol. The Labute approximate surface area is 176 Å². The molecule has 0 atom stereocenters. The van der Waals surface area contributed by atoms with Crippen molar-refractivity contribution in [3.05, 3.63) is 60.7 Å². The Morgan fingerprint density at radius 1 is 1.00 bits per heavy atom. The summed E-state index contributed by atoms with van der Waals surface area (Å²) in [6, 6.07) is 20.8. The highest BCUT2D eigenvalue weighted by atomic mass is 32.2. The number of carbonyl (C=O) groups excluding carboxylic acids is 1. The molecule has 3 aromatic rings. The van der Waals surface area contributed by atoms with Crippen molar-refractivity contribution in [2.24, 2.45) is 0 Å². The van der Waals surface area contributed by atoms with Crippen molar-refractivity contribution < 1.29 is 4.79 Å². The number of aromatic nitrogens is 2. The van der Waals surface area contributed by atoms with Gasteiger partial charge in [0.05, 0.1) is 17.1 Å². The highest BCUT2D eigenvalue weighted by Gasteiger charge is 2.22. The van der Waals surface area contributed by atoms with E-state index in [0.29, 0.717) is 11.8 Å². The van der Waals surface area contributed by atoms with Crippen molar-refractivity contribution in [1.29, 1.82) is 0 Å². The fourth-order valence-corrected chi connectivity index (χ4v) is 4.74. The van der Waals surface area contributed by atoms with Crippen LogP contribution in [-0.2, 0) is 4.79 Å². The predicted octanol–water partition coefficient (Wildman–Crippen LogP) is 5.63. The van der Waals surface area contributed by atoms with Gasteiger partial charge in [-0.05, 0) is 12.8 Å². The highest BCUT2D eigenvalue weighted by molar-refractivity contribution is 7.99. The summed E-state index contributed by atoms with van der Waals surface area (Å²) in [5.41, 5.74) is 4.08. The summed E-state index contributed by atoms with van der Waals surface area (Å²) < 4.78 is 0. The fraction of sp³-hybridized carbons (Fsp3) is 0.333. The van der Waals surface area contributed by atoms with Crippen LogP contribution in [0.25, 0.3) is 22.5 Å². The molecule has 0 aliphatic heterocycles. The summed E-state index contributed by atoms with van der Waals surface area (Å²) in [5.74, 6) is 0.587. The minimum Gasteiger partial charge on any atom is -0.342 e. The van der Waals surface area contributed by atoms with E-state index in [4.69, 9.17) is 4.98 Å². The molecule has 4 nitrogen and oxygen atoms in total. The molecule has 1 saturated carbocycles. The largest absolute Gasteiger partial charge is 0.342 e. The second kappa shape index (κ2) is 9.31. The molecule has 1 heterocycles. The van der Waals surface area contributed by atoms with E-state index in [0.717, 1.165) is 40.5 Å². The van der Waals surface area contributed by atoms with Crippen LogP contribution in [0.2, 0.25) is 0 Å². The van der Waals surface area contributed by atoms with E-state index in [1.165, 1.54) is 31.0 Å². The normalized spacial score (nSPS) is 14.7. The molecule has 1 fully saturated rings. The Bertz CT molecular complexity index is 876. The summed E-state index contributed by atoms with van der Waals surface area (Å²) in [6.45, 7) is 0. The first-order chi connectivity index (χ1) is 14.2. The van der Waals surface area contributed by atoms with E-state index in [2.05, 4.69) is 29.2 Å². The topological polar surface area (TPSA) is 49.0 Å². The third kappa shape index (κ3) is 4.73. The van der Waals surface area contributed by atoms with Gasteiger partial charge in [-0.2, -0.15) is 0 Å². The summed E-state index contributed by atoms with van der Waals surface area (Å²) in [7, 11) is 1.95. The number of nitrogens with zero attached hydrogens (tertiary/aromatic N) is 2. The first-order valence-electron chi connectivity index (χ1n) is 10.3. The van der Waals surface area contributed by atoms with E-state index < -0.39 is 0 Å². The Morgan fingerprint density at radius 3 is 2.28 bits per heavy atom. The zero-order chi connectivity index (χ0) is 20.1. The molecule has 1 amide bonds. The van der Waals surface area contributed by atoms with Crippen LogP contribution >= 0.6 is 11.8 Å². The standard InChI is InChI=1S/C24H27N3OS/c1-27(20-15-9-4-10-16-20)21(28)17-29-24-25-22(18-11-5-2-6-12-18)23(26-24)19-13-7-3-8-14-19/h2-3,5-8,11-14,20H,4,9-10,15-17H2,1H3,(H,25,26). The van der Waals surface area contributed by atoms with Gasteiger partial charge in [0.15, 0.2) is 5.16 Å². The predicted molar refractivity (Wildman–Crippen MR) is 120 cm³/mol. The molecule has 4 rings (SSSR count). The van der Waals surface area contributed by atoms with Gasteiger partial charge in [0.1, 0.15) is 0 Å². The van der Waals surface area contributed by atoms with E-state index in [-0.39, 0.29) is 5.91 Å². The molecule has 0 spiro atoms. The molecule has 5 heteroatoms. The quantitative estimate of drug-likeness (QED) is 0.541. The summed E-state index contributed by atoms with van der Waals surface area (Å²) in [6.07, 6.45) is 6.01. The molecule has 1 N–H and O–H groups in total. The molecule has 2 aromatic carbocycles. The lowest BCUT2D eigenvalue weighted by atomic mass is 9.94. The van der Waals surface area contributed by atoms with Gasteiger partial charge in [0, 0.05) is 24.2 Å². The first kappa shape index (κ1) is 19.8. The van der Waals surface area contributed by atoms with Crippen LogP contribution in [0.4, 0.5) is 0 Å². The molecule has 29 heavy (non-hydrogen) atoms. The van der Waals surface area contributed by atoms with Crippen LogP contribution in [0.3, 0.4) is 0 Å². The van der Waals surface area contributed by atoms with E-state index in [1.54, 1.807) is 0 Å². The van der Waals surface area contributed by atoms with E-state index in [9.17, 15) is 4.79 Å². The molecule has 1 aliphatic rings. The number of imidazole rings is 1. The number of H-pyrrole nitrogens is 1. The van der Waals surface area contributed by atoms with Gasteiger partial charge in [0.25, 0.3) is 0 Å². The molecule has 0 saturated heterocycles. The Balaban J connectivity index is 1.52. The van der Waals surface area contributed by atoms with E-state index in [1.807, 2.05) is 48.3 Å². The smallest absolute Gasteiger partial charge is 0.233 e. The zero-order valence-electron chi connectivity index (χ0n) is 16.8. The SMILES string of the molecule is CN(C(=O)CSc1nc(-c2ccccc2)c(-c2ccccc2)[nH]1)C1CCCCC1. The minimum atomic E-state index is 0.181. The fourth-order valence-electron chi connectivity index (χ4n) is 3.94. The lowest BCUT2D eigenvalue weighted by Gasteiger charge is -2.31. The maximum Gasteiger partial charge on any atom is 0.233 e. The number of hydrogen-bond acceptors (Lipinski definition) is 3. The van der Waals surface area contributed by atoms with Crippen LogP contribution in [-0.4, -0.2) is 39.6 Å². The maximum atomic E-state index is 12.7. The number of rotatable bonds is 6. The summed E-state index contributed by atoms with van der Waals surface area (Å²) in [5, 5.41) is 0.785. The molecular formula is C24H27N3OS. The molecule has 0 bridgehead atoms. The van der Waals surface area contributed by atoms with Crippen molar-refractivity contribution in [2.45, 2.75) is 43.3 Å². The van der Waals surface area contributed by atoms with Gasteiger partial charge in [-0.15, -0.1) is 0 Å². The van der Waals surface area contributed by atoms with Crippen molar-refractivity contribution >= 4 is 17.7 Å². The Kier molecular flexibility index (Phi) is 6.35. The highest BCUT2D eigenvalue weighted by Crippen LogP contribution is 2.32. The molecule has 1 aliphatic carbocycles. The first-order valence-corrected chi connectivity index (χ1v) is 11.3. The number of carbonyl (C=O) groups is 1. The molecule has 1 aromatic heterocycles. The lowest BCUT2D eigenvalue weighted by molar-refractivity contribution is -0.129. The number of aromatic amines is 1. The van der Waals surface area contributed by atoms with Crippen LogP contribution < -0.4 is 0 Å². The van der Waals surface area contributed by atoms with Crippen molar-refractivity contribution in [3.63, 3.8) is 0 Å². The third-order valence-electron chi connectivity index (χ3n) is 5.64. The van der Waals surface area contributed by atoms with Gasteiger partial charge < -0.3 is 9.88 Å². The lowest BCUT2D eigenvalue weighted by Crippen LogP contribution is -2.39. The average Bonchev–Trinajstić information content (AvgIpc) is 3.23. The second-order valence-corrected chi connectivity index (χ2v) is 8.55.